The number of benzene rings is 1. The van der Waals surface area contributed by atoms with Gasteiger partial charge in [0.05, 0.1) is 0 Å². The second kappa shape index (κ2) is 4.60. The summed E-state index contributed by atoms with van der Waals surface area (Å²) in [7, 11) is 0. The van der Waals surface area contributed by atoms with Gasteiger partial charge in [-0.05, 0) is 29.3 Å². The average molecular weight is 274 g/mol. The van der Waals surface area contributed by atoms with Gasteiger partial charge < -0.3 is 4.90 Å². The van der Waals surface area contributed by atoms with E-state index in [9.17, 15) is 4.79 Å². The number of nitrogens with zero attached hydrogens (tertiary/aromatic N) is 2. The fraction of sp³-hybridized carbons (Fsp3) is 0.467. The molecule has 2 aliphatic rings. The molecule has 0 spiro atoms. The lowest BCUT2D eigenvalue weighted by Gasteiger charge is -2.30. The molecule has 1 amide bonds. The first-order valence-corrected chi connectivity index (χ1v) is 7.17. The second-order valence-electron chi connectivity index (χ2n) is 5.74. The number of carbonyl (C=O) groups is 1. The van der Waals surface area contributed by atoms with Gasteiger partial charge in [0.25, 0.3) is 5.91 Å². The fourth-order valence-electron chi connectivity index (χ4n) is 2.91. The van der Waals surface area contributed by atoms with Gasteiger partial charge in [0.1, 0.15) is 6.04 Å². The van der Waals surface area contributed by atoms with Crippen molar-refractivity contribution in [1.29, 1.82) is 0 Å². The fourth-order valence-corrected chi connectivity index (χ4v) is 3.26. The minimum Gasteiger partial charge on any atom is -0.332 e. The van der Waals surface area contributed by atoms with Crippen molar-refractivity contribution < 1.29 is 4.79 Å². The topological polar surface area (TPSA) is 23.6 Å². The van der Waals surface area contributed by atoms with E-state index in [1.165, 1.54) is 11.1 Å². The number of thiocarbonyl (C=S) groups is 1. The first-order chi connectivity index (χ1) is 9.08. The van der Waals surface area contributed by atoms with E-state index in [1.54, 1.807) is 4.90 Å². The number of hydrogen-bond donors (Lipinski definition) is 0. The zero-order chi connectivity index (χ0) is 13.6. The Kier molecular flexibility index (Phi) is 3.05. The Morgan fingerprint density at radius 2 is 2.00 bits per heavy atom. The van der Waals surface area contributed by atoms with E-state index in [0.717, 1.165) is 19.5 Å². The summed E-state index contributed by atoms with van der Waals surface area (Å²) in [6, 6.07) is 8.25. The maximum absolute atomic E-state index is 12.5. The lowest BCUT2D eigenvalue weighted by molar-refractivity contribution is -0.128. The molecule has 2 heterocycles. The van der Waals surface area contributed by atoms with E-state index >= 15 is 0 Å². The van der Waals surface area contributed by atoms with Crippen molar-refractivity contribution in [3.63, 3.8) is 0 Å². The highest BCUT2D eigenvalue weighted by atomic mass is 32.1. The van der Waals surface area contributed by atoms with E-state index in [1.807, 2.05) is 12.1 Å². The minimum atomic E-state index is -0.0823. The Bertz CT molecular complexity index is 498. The molecule has 0 bridgehead atoms. The SMILES string of the molecule is CC(C)CN1C(=O)[C@H]2Cc3ccccc3CN2C1=S. The normalized spacial score (nSPS) is 21.9. The third kappa shape index (κ3) is 2.04. The summed E-state index contributed by atoms with van der Waals surface area (Å²) in [6.45, 7) is 5.71. The summed E-state index contributed by atoms with van der Waals surface area (Å²) in [6.07, 6.45) is 0.781. The van der Waals surface area contributed by atoms with Gasteiger partial charge in [0.2, 0.25) is 0 Å². The van der Waals surface area contributed by atoms with Crippen LogP contribution in [0.1, 0.15) is 25.0 Å². The summed E-state index contributed by atoms with van der Waals surface area (Å²) in [5, 5.41) is 0.707. The standard InChI is InChI=1S/C15H18N2OS/c1-10(2)8-17-14(18)13-7-11-5-3-4-6-12(11)9-16(13)15(17)19/h3-6,10,13H,7-9H2,1-2H3/t13-/m1/s1. The quantitative estimate of drug-likeness (QED) is 0.772. The lowest BCUT2D eigenvalue weighted by Crippen LogP contribution is -2.39. The molecular weight excluding hydrogens is 256 g/mol. The van der Waals surface area contributed by atoms with Gasteiger partial charge in [-0.15, -0.1) is 0 Å². The molecule has 19 heavy (non-hydrogen) atoms. The van der Waals surface area contributed by atoms with Crippen molar-refractivity contribution in [1.82, 2.24) is 9.80 Å². The van der Waals surface area contributed by atoms with Gasteiger partial charge in [-0.3, -0.25) is 9.69 Å². The monoisotopic (exact) mass is 274 g/mol. The molecule has 0 aliphatic carbocycles. The molecule has 0 unspecified atom stereocenters. The lowest BCUT2D eigenvalue weighted by atomic mass is 9.95. The largest absolute Gasteiger partial charge is 0.332 e. The van der Waals surface area contributed by atoms with Crippen molar-refractivity contribution in [3.8, 4) is 0 Å². The average Bonchev–Trinajstić information content (AvgIpc) is 2.61. The van der Waals surface area contributed by atoms with E-state index in [2.05, 4.69) is 30.9 Å². The van der Waals surface area contributed by atoms with E-state index in [-0.39, 0.29) is 11.9 Å². The van der Waals surface area contributed by atoms with Gasteiger partial charge >= 0.3 is 0 Å². The summed E-state index contributed by atoms with van der Waals surface area (Å²) < 4.78 is 0. The molecule has 2 aliphatic heterocycles. The Morgan fingerprint density at radius 1 is 1.32 bits per heavy atom. The maximum atomic E-state index is 12.5. The summed E-state index contributed by atoms with van der Waals surface area (Å²) in [5.74, 6) is 0.610. The highest BCUT2D eigenvalue weighted by Crippen LogP contribution is 2.30. The first-order valence-electron chi connectivity index (χ1n) is 6.76. The van der Waals surface area contributed by atoms with Crippen LogP contribution in [0.2, 0.25) is 0 Å². The molecule has 1 aromatic carbocycles. The molecule has 0 N–H and O–H groups in total. The van der Waals surface area contributed by atoms with Crippen LogP contribution in [0.25, 0.3) is 0 Å². The molecule has 100 valence electrons. The van der Waals surface area contributed by atoms with Gasteiger partial charge in [0.15, 0.2) is 5.11 Å². The molecule has 3 nitrogen and oxygen atoms in total. The van der Waals surface area contributed by atoms with Crippen LogP contribution >= 0.6 is 12.2 Å². The van der Waals surface area contributed by atoms with Crippen molar-refractivity contribution in [2.45, 2.75) is 32.9 Å². The number of fused-ring (bicyclic) bond motifs is 2. The van der Waals surface area contributed by atoms with Crippen LogP contribution in [0.5, 0.6) is 0 Å². The Balaban J connectivity index is 1.90. The number of amides is 1. The molecule has 1 saturated heterocycles. The summed E-state index contributed by atoms with van der Waals surface area (Å²) in [4.78, 5) is 16.4. The zero-order valence-electron chi connectivity index (χ0n) is 11.3. The highest BCUT2D eigenvalue weighted by Gasteiger charge is 2.44. The summed E-state index contributed by atoms with van der Waals surface area (Å²) >= 11 is 5.49. The highest BCUT2D eigenvalue weighted by molar-refractivity contribution is 7.80. The van der Waals surface area contributed by atoms with Gasteiger partial charge in [-0.2, -0.15) is 0 Å². The third-order valence-corrected chi connectivity index (χ3v) is 4.28. The molecule has 1 aromatic rings. The van der Waals surface area contributed by atoms with Gasteiger partial charge in [-0.25, -0.2) is 0 Å². The van der Waals surface area contributed by atoms with Crippen molar-refractivity contribution in [2.24, 2.45) is 5.92 Å². The van der Waals surface area contributed by atoms with Crippen molar-refractivity contribution in [2.75, 3.05) is 6.54 Å². The Morgan fingerprint density at radius 3 is 2.68 bits per heavy atom. The second-order valence-corrected chi connectivity index (χ2v) is 6.11. The number of rotatable bonds is 2. The maximum Gasteiger partial charge on any atom is 0.251 e. The van der Waals surface area contributed by atoms with Crippen molar-refractivity contribution >= 4 is 23.2 Å². The van der Waals surface area contributed by atoms with Crippen LogP contribution in [-0.4, -0.2) is 33.4 Å². The zero-order valence-corrected chi connectivity index (χ0v) is 12.1. The van der Waals surface area contributed by atoms with E-state index in [4.69, 9.17) is 12.2 Å². The minimum absolute atomic E-state index is 0.0823. The molecule has 0 radical (unpaired) electrons. The predicted molar refractivity (Wildman–Crippen MR) is 78.6 cm³/mol. The molecule has 3 rings (SSSR count). The third-order valence-electron chi connectivity index (χ3n) is 3.82. The van der Waals surface area contributed by atoms with Gasteiger partial charge in [0, 0.05) is 19.5 Å². The van der Waals surface area contributed by atoms with Gasteiger partial charge in [-0.1, -0.05) is 38.1 Å². The van der Waals surface area contributed by atoms with Crippen LogP contribution in [0, 0.1) is 5.92 Å². The van der Waals surface area contributed by atoms with Crippen LogP contribution < -0.4 is 0 Å². The van der Waals surface area contributed by atoms with Crippen LogP contribution in [-0.2, 0) is 17.8 Å². The number of hydrogen-bond acceptors (Lipinski definition) is 2. The van der Waals surface area contributed by atoms with Crippen LogP contribution in [0.4, 0.5) is 0 Å². The predicted octanol–water partition coefficient (Wildman–Crippen LogP) is 2.20. The Hall–Kier alpha value is -1.42. The van der Waals surface area contributed by atoms with Crippen molar-refractivity contribution in [3.05, 3.63) is 35.4 Å². The van der Waals surface area contributed by atoms with Crippen LogP contribution in [0.3, 0.4) is 0 Å². The van der Waals surface area contributed by atoms with Crippen LogP contribution in [0.15, 0.2) is 24.3 Å². The van der Waals surface area contributed by atoms with E-state index < -0.39 is 0 Å². The Labute approximate surface area is 119 Å². The number of carbonyl (C=O) groups excluding carboxylic acids is 1. The summed E-state index contributed by atoms with van der Waals surface area (Å²) in [5.41, 5.74) is 2.58. The van der Waals surface area contributed by atoms with E-state index in [0.29, 0.717) is 11.0 Å². The molecule has 1 atom stereocenters. The first kappa shape index (κ1) is 12.6. The molecular formula is C15H18N2OS. The molecule has 0 aromatic heterocycles. The molecule has 4 heteroatoms. The smallest absolute Gasteiger partial charge is 0.251 e. The molecule has 0 saturated carbocycles. The molecule has 1 fully saturated rings.